The molecule has 2 aromatic carbocycles. The topological polar surface area (TPSA) is 42.2 Å². The van der Waals surface area contributed by atoms with Crippen molar-refractivity contribution in [2.24, 2.45) is 0 Å². The predicted molar refractivity (Wildman–Crippen MR) is 116 cm³/mol. The van der Waals surface area contributed by atoms with Gasteiger partial charge in [0.05, 0.1) is 31.1 Å². The molecule has 1 aliphatic rings. The number of rotatable bonds is 6. The molecule has 0 aliphatic heterocycles. The molecule has 1 aliphatic carbocycles. The molecule has 3 heteroatoms. The molecule has 0 bridgehead atoms. The van der Waals surface area contributed by atoms with Crippen molar-refractivity contribution < 1.29 is 9.47 Å². The monoisotopic (exact) mass is 387 g/mol. The molecule has 0 spiro atoms. The lowest BCUT2D eigenvalue weighted by Gasteiger charge is -2.25. The molecule has 150 valence electrons. The van der Waals surface area contributed by atoms with Crippen LogP contribution in [0.25, 0.3) is 0 Å². The Morgan fingerprint density at radius 2 is 1.90 bits per heavy atom. The Kier molecular flexibility index (Phi) is 6.84. The van der Waals surface area contributed by atoms with Gasteiger partial charge < -0.3 is 9.47 Å². The van der Waals surface area contributed by atoms with Crippen LogP contribution in [0.15, 0.2) is 42.5 Å². The molecule has 3 nitrogen and oxygen atoms in total. The van der Waals surface area contributed by atoms with E-state index in [2.05, 4.69) is 43.9 Å². The largest absolute Gasteiger partial charge is 0.493 e. The van der Waals surface area contributed by atoms with E-state index in [1.54, 1.807) is 7.11 Å². The van der Waals surface area contributed by atoms with Crippen molar-refractivity contribution in [2.75, 3.05) is 7.11 Å². The van der Waals surface area contributed by atoms with Crippen molar-refractivity contribution in [3.05, 3.63) is 59.2 Å². The second kappa shape index (κ2) is 9.53. The first-order valence-corrected chi connectivity index (χ1v) is 10.4. The van der Waals surface area contributed by atoms with E-state index in [1.165, 1.54) is 12.8 Å². The smallest absolute Gasteiger partial charge is 0.161 e. The molecule has 0 aromatic heterocycles. The van der Waals surface area contributed by atoms with Gasteiger partial charge in [-0.05, 0) is 74.4 Å². The van der Waals surface area contributed by atoms with Crippen LogP contribution in [0.3, 0.4) is 0 Å². The molecule has 0 N–H and O–H groups in total. The van der Waals surface area contributed by atoms with Gasteiger partial charge in [-0.3, -0.25) is 0 Å². The van der Waals surface area contributed by atoms with Gasteiger partial charge in [0, 0.05) is 5.56 Å². The van der Waals surface area contributed by atoms with Crippen LogP contribution in [-0.2, 0) is 11.8 Å². The summed E-state index contributed by atoms with van der Waals surface area (Å²) in [6, 6.07) is 16.3. The van der Waals surface area contributed by atoms with Gasteiger partial charge in [-0.15, -0.1) is 0 Å². The summed E-state index contributed by atoms with van der Waals surface area (Å²) in [5.41, 5.74) is 2.77. The molecule has 0 saturated heterocycles. The fourth-order valence-corrected chi connectivity index (χ4v) is 3.72. The minimum atomic E-state index is -0.300. The minimum Gasteiger partial charge on any atom is -0.493 e. The number of hydrogen-bond acceptors (Lipinski definition) is 3. The zero-order chi connectivity index (χ0) is 20.7. The highest BCUT2D eigenvalue weighted by atomic mass is 16.5. The summed E-state index contributed by atoms with van der Waals surface area (Å²) in [6.45, 7) is 4.32. The zero-order valence-corrected chi connectivity index (χ0v) is 17.6. The Balaban J connectivity index is 1.90. The van der Waals surface area contributed by atoms with E-state index in [4.69, 9.17) is 14.7 Å². The number of nitriles is 1. The summed E-state index contributed by atoms with van der Waals surface area (Å²) in [5.74, 6) is 8.39. The van der Waals surface area contributed by atoms with Crippen molar-refractivity contribution >= 4 is 0 Å². The van der Waals surface area contributed by atoms with Crippen molar-refractivity contribution in [2.45, 2.75) is 63.9 Å². The first-order valence-electron chi connectivity index (χ1n) is 10.4. The second-order valence-corrected chi connectivity index (χ2v) is 7.86. The quantitative estimate of drug-likeness (QED) is 0.588. The highest BCUT2D eigenvalue weighted by Crippen LogP contribution is 2.37. The second-order valence-electron chi connectivity index (χ2n) is 7.86. The summed E-state index contributed by atoms with van der Waals surface area (Å²) in [7, 11) is 1.68. The van der Waals surface area contributed by atoms with E-state index in [-0.39, 0.29) is 11.5 Å². The van der Waals surface area contributed by atoms with E-state index < -0.39 is 0 Å². The van der Waals surface area contributed by atoms with Crippen LogP contribution in [0.1, 0.15) is 62.6 Å². The minimum absolute atomic E-state index is 0.279. The maximum atomic E-state index is 8.92. The molecule has 1 fully saturated rings. The van der Waals surface area contributed by atoms with E-state index in [1.807, 2.05) is 30.3 Å². The maximum absolute atomic E-state index is 8.92. The third kappa shape index (κ3) is 5.12. The first kappa shape index (κ1) is 20.8. The van der Waals surface area contributed by atoms with Crippen LogP contribution in [0.5, 0.6) is 11.5 Å². The number of nitrogens with zero attached hydrogens (tertiary/aromatic N) is 1. The highest BCUT2D eigenvalue weighted by molar-refractivity contribution is 5.49. The molecule has 3 rings (SSSR count). The Bertz CT molecular complexity index is 941. The first-order chi connectivity index (χ1) is 14.1. The van der Waals surface area contributed by atoms with Gasteiger partial charge in [0.25, 0.3) is 0 Å². The fourth-order valence-electron chi connectivity index (χ4n) is 3.72. The van der Waals surface area contributed by atoms with Crippen LogP contribution in [-0.4, -0.2) is 13.2 Å². The normalized spacial score (nSPS) is 15.7. The molecule has 1 atom stereocenters. The van der Waals surface area contributed by atoms with Gasteiger partial charge in [0.1, 0.15) is 0 Å². The molecule has 2 aromatic rings. The van der Waals surface area contributed by atoms with Gasteiger partial charge in [0.15, 0.2) is 11.5 Å². The lowest BCUT2D eigenvalue weighted by atomic mass is 9.80. The lowest BCUT2D eigenvalue weighted by molar-refractivity contribution is 0.200. The van der Waals surface area contributed by atoms with E-state index in [9.17, 15) is 0 Å². The van der Waals surface area contributed by atoms with Crippen molar-refractivity contribution in [3.63, 3.8) is 0 Å². The fraction of sp³-hybridized carbons (Fsp3) is 0.423. The van der Waals surface area contributed by atoms with Gasteiger partial charge in [-0.1, -0.05) is 37.0 Å². The highest BCUT2D eigenvalue weighted by Gasteiger charge is 2.25. The Morgan fingerprint density at radius 3 is 2.59 bits per heavy atom. The molecule has 0 radical (unpaired) electrons. The maximum Gasteiger partial charge on any atom is 0.161 e. The van der Waals surface area contributed by atoms with E-state index in [0.29, 0.717) is 6.42 Å². The van der Waals surface area contributed by atoms with Gasteiger partial charge in [-0.25, -0.2) is 0 Å². The molecule has 0 heterocycles. The number of benzene rings is 2. The Hall–Kier alpha value is -2.91. The summed E-state index contributed by atoms with van der Waals surface area (Å²) >= 11 is 0. The van der Waals surface area contributed by atoms with Crippen molar-refractivity contribution in [1.82, 2.24) is 0 Å². The van der Waals surface area contributed by atoms with E-state index in [0.717, 1.165) is 47.5 Å². The third-order valence-electron chi connectivity index (χ3n) is 5.80. The van der Waals surface area contributed by atoms with Gasteiger partial charge >= 0.3 is 0 Å². The van der Waals surface area contributed by atoms with Crippen LogP contribution in [0.2, 0.25) is 0 Å². The average Bonchev–Trinajstić information content (AvgIpc) is 3.25. The number of methoxy groups -OCH3 is 1. The van der Waals surface area contributed by atoms with Crippen LogP contribution >= 0.6 is 0 Å². The summed E-state index contributed by atoms with van der Waals surface area (Å²) in [6.07, 6.45) is 6.24. The molecule has 1 unspecified atom stereocenters. The zero-order valence-electron chi connectivity index (χ0n) is 17.6. The van der Waals surface area contributed by atoms with Crippen LogP contribution < -0.4 is 9.47 Å². The van der Waals surface area contributed by atoms with Crippen LogP contribution in [0.4, 0.5) is 0 Å². The SMILES string of the molecule is CCC(C)(C#Cc1cccc(CC#N)c1)c1ccc(OC)c(OC2CCCC2)c1. The lowest BCUT2D eigenvalue weighted by Crippen LogP contribution is -2.19. The van der Waals surface area contributed by atoms with E-state index >= 15 is 0 Å². The molecular formula is C26H29NO2. The molecule has 0 amide bonds. The predicted octanol–water partition coefficient (Wildman–Crippen LogP) is 5.80. The number of hydrogen-bond donors (Lipinski definition) is 0. The van der Waals surface area contributed by atoms with Crippen molar-refractivity contribution in [3.8, 4) is 29.4 Å². The van der Waals surface area contributed by atoms with Crippen LogP contribution in [0, 0.1) is 23.2 Å². The third-order valence-corrected chi connectivity index (χ3v) is 5.80. The van der Waals surface area contributed by atoms with Crippen molar-refractivity contribution in [1.29, 1.82) is 5.26 Å². The summed E-state index contributed by atoms with van der Waals surface area (Å²) < 4.78 is 11.8. The Labute approximate surface area is 174 Å². The Morgan fingerprint density at radius 1 is 1.10 bits per heavy atom. The summed E-state index contributed by atoms with van der Waals surface area (Å²) in [5, 5.41) is 8.92. The summed E-state index contributed by atoms with van der Waals surface area (Å²) in [4.78, 5) is 0. The number of ether oxygens (including phenoxy) is 2. The molecule has 29 heavy (non-hydrogen) atoms. The average molecular weight is 388 g/mol. The van der Waals surface area contributed by atoms with Gasteiger partial charge in [-0.2, -0.15) is 5.26 Å². The van der Waals surface area contributed by atoms with Gasteiger partial charge in [0.2, 0.25) is 0 Å². The molecular weight excluding hydrogens is 358 g/mol. The molecule has 1 saturated carbocycles. The standard InChI is InChI=1S/C26H29NO2/c1-4-26(2,16-14-20-8-7-9-21(18-20)15-17-27)22-12-13-24(28-3)25(19-22)29-23-10-5-6-11-23/h7-9,12-13,18-19,23H,4-6,10-11,15H2,1-3H3.